The summed E-state index contributed by atoms with van der Waals surface area (Å²) < 4.78 is 9.73. The summed E-state index contributed by atoms with van der Waals surface area (Å²) in [5.41, 5.74) is 4.24. The molecule has 1 aromatic heterocycles. The van der Waals surface area contributed by atoms with Crippen molar-refractivity contribution in [2.45, 2.75) is 32.2 Å². The third kappa shape index (κ3) is 5.31. The molecule has 5 aromatic rings. The molecule has 2 heterocycles. The van der Waals surface area contributed by atoms with E-state index in [1.807, 2.05) is 18.2 Å². The third-order valence-corrected chi connectivity index (χ3v) is 10.5. The Kier molecular flexibility index (Phi) is 8.02. The molecule has 1 N–H and O–H groups in total. The molecule has 0 saturated carbocycles. The van der Waals surface area contributed by atoms with E-state index in [1.54, 1.807) is 0 Å². The average Bonchev–Trinajstić information content (AvgIpc) is 3.47. The molecule has 6 rings (SSSR count). The number of anilines is 1. The number of benzene rings is 4. The van der Waals surface area contributed by atoms with E-state index in [-0.39, 0.29) is 26.3 Å². The number of para-hydroxylation sites is 1. The van der Waals surface area contributed by atoms with Crippen molar-refractivity contribution in [3.05, 3.63) is 113 Å². The topological polar surface area (TPSA) is 70.7 Å². The number of carbonyl (C=O) groups excluding carboxylic acids is 1. The SMILES string of the molecule is CC1(C)C(=CC=CC=Cc2[se]c3ccccc3[n+]2CCOC=O)N(CCC(=O)O)c2c1c1ccccc1c1ccccc21. The van der Waals surface area contributed by atoms with E-state index in [4.69, 9.17) is 4.74 Å². The van der Waals surface area contributed by atoms with Crippen molar-refractivity contribution in [3.63, 3.8) is 0 Å². The number of rotatable bonds is 10. The van der Waals surface area contributed by atoms with E-state index < -0.39 is 5.97 Å². The predicted octanol–water partition coefficient (Wildman–Crippen LogP) is 6.39. The first-order chi connectivity index (χ1) is 20.9. The maximum atomic E-state index is 11.7. The van der Waals surface area contributed by atoms with E-state index in [0.717, 1.165) is 16.8 Å². The van der Waals surface area contributed by atoms with Gasteiger partial charge in [0.15, 0.2) is 0 Å². The summed E-state index contributed by atoms with van der Waals surface area (Å²) in [5.74, 6) is -0.811. The Labute approximate surface area is 256 Å². The third-order valence-electron chi connectivity index (χ3n) is 8.13. The Morgan fingerprint density at radius 2 is 1.60 bits per heavy atom. The molecule has 1 aliphatic heterocycles. The first-order valence-corrected chi connectivity index (χ1v) is 16.1. The van der Waals surface area contributed by atoms with Crippen molar-refractivity contribution in [2.24, 2.45) is 0 Å². The molecule has 0 fully saturated rings. The summed E-state index contributed by atoms with van der Waals surface area (Å²) in [4.78, 5) is 24.6. The van der Waals surface area contributed by atoms with Gasteiger partial charge in [0, 0.05) is 0 Å². The van der Waals surface area contributed by atoms with Crippen molar-refractivity contribution in [1.82, 2.24) is 0 Å². The number of carbonyl (C=O) groups is 2. The number of fused-ring (bicyclic) bond motifs is 7. The molecule has 0 aliphatic carbocycles. The van der Waals surface area contributed by atoms with Crippen LogP contribution in [-0.4, -0.2) is 45.2 Å². The molecule has 216 valence electrons. The van der Waals surface area contributed by atoms with E-state index in [9.17, 15) is 14.7 Å². The van der Waals surface area contributed by atoms with E-state index >= 15 is 0 Å². The monoisotopic (exact) mass is 637 g/mol. The van der Waals surface area contributed by atoms with Crippen LogP contribution in [0.2, 0.25) is 0 Å². The zero-order valence-electron chi connectivity index (χ0n) is 24.2. The van der Waals surface area contributed by atoms with Crippen LogP contribution in [0.3, 0.4) is 0 Å². The summed E-state index contributed by atoms with van der Waals surface area (Å²) >= 11 is 0.158. The van der Waals surface area contributed by atoms with Gasteiger partial charge in [0.1, 0.15) is 0 Å². The van der Waals surface area contributed by atoms with E-state index in [1.165, 1.54) is 36.1 Å². The summed E-state index contributed by atoms with van der Waals surface area (Å²) in [5, 5.41) is 14.4. The summed E-state index contributed by atoms with van der Waals surface area (Å²) in [7, 11) is 0. The first-order valence-electron chi connectivity index (χ1n) is 14.4. The molecule has 7 heteroatoms. The molecular formula is C36H33N2O4Se+. The van der Waals surface area contributed by atoms with Gasteiger partial charge in [-0.15, -0.1) is 0 Å². The molecule has 0 spiro atoms. The maximum absolute atomic E-state index is 11.7. The van der Waals surface area contributed by atoms with Gasteiger partial charge >= 0.3 is 245 Å². The standard InChI is InChI=1S/C36H32N2O4Se/c1-36(2)31(18-4-3-5-19-32-37(22-23-42-24-39)29-16-10-11-17-30(29)43-32)38(21-20-33(40)41)35-28-15-9-7-13-26(28)25-12-6-8-14-27(25)34(35)36/h3-19,24H,20-23H2,1-2H3/p+1. The molecule has 4 aromatic carbocycles. The van der Waals surface area contributed by atoms with Crippen molar-refractivity contribution in [1.29, 1.82) is 0 Å². The number of allylic oxidation sites excluding steroid dienone is 5. The fourth-order valence-corrected chi connectivity index (χ4v) is 8.62. The van der Waals surface area contributed by atoms with Gasteiger partial charge in [-0.2, -0.15) is 0 Å². The molecule has 1 aliphatic rings. The van der Waals surface area contributed by atoms with Gasteiger partial charge in [-0.05, 0) is 0 Å². The number of nitrogens with zero attached hydrogens (tertiary/aromatic N) is 2. The molecule has 0 unspecified atom stereocenters. The Hall–Kier alpha value is -4.45. The van der Waals surface area contributed by atoms with Crippen molar-refractivity contribution >= 4 is 70.0 Å². The van der Waals surface area contributed by atoms with Crippen molar-refractivity contribution in [3.8, 4) is 0 Å². The van der Waals surface area contributed by atoms with Crippen molar-refractivity contribution < 1.29 is 24.0 Å². The molecule has 0 atom stereocenters. The molecule has 0 bridgehead atoms. The molecule has 0 amide bonds. The minimum atomic E-state index is -0.811. The van der Waals surface area contributed by atoms with E-state index in [2.05, 4.69) is 108 Å². The summed E-state index contributed by atoms with van der Waals surface area (Å²) in [6, 6.07) is 25.3. The van der Waals surface area contributed by atoms with Crippen LogP contribution in [0, 0.1) is 0 Å². The van der Waals surface area contributed by atoms with Gasteiger partial charge in [0.25, 0.3) is 0 Å². The second kappa shape index (κ2) is 12.0. The van der Waals surface area contributed by atoms with Crippen LogP contribution in [-0.2, 0) is 26.3 Å². The summed E-state index contributed by atoms with van der Waals surface area (Å²) in [6.07, 6.45) is 10.4. The van der Waals surface area contributed by atoms with Crippen LogP contribution in [0.5, 0.6) is 0 Å². The van der Waals surface area contributed by atoms with Crippen LogP contribution in [0.25, 0.3) is 37.4 Å². The summed E-state index contributed by atoms with van der Waals surface area (Å²) in [6.45, 7) is 6.29. The van der Waals surface area contributed by atoms with Gasteiger partial charge in [-0.3, -0.25) is 0 Å². The Morgan fingerprint density at radius 3 is 2.35 bits per heavy atom. The fourth-order valence-electron chi connectivity index (χ4n) is 6.31. The molecule has 0 saturated heterocycles. The van der Waals surface area contributed by atoms with Gasteiger partial charge in [-0.25, -0.2) is 0 Å². The van der Waals surface area contributed by atoms with Crippen LogP contribution in [0.15, 0.2) is 103 Å². The van der Waals surface area contributed by atoms with Gasteiger partial charge in [0.2, 0.25) is 0 Å². The number of aliphatic carboxylic acids is 1. The number of hydrogen-bond donors (Lipinski definition) is 1. The number of aromatic nitrogens is 1. The van der Waals surface area contributed by atoms with Crippen LogP contribution >= 0.6 is 0 Å². The predicted molar refractivity (Wildman–Crippen MR) is 173 cm³/mol. The Morgan fingerprint density at radius 1 is 0.930 bits per heavy atom. The zero-order chi connectivity index (χ0) is 30.0. The van der Waals surface area contributed by atoms with E-state index in [0.29, 0.717) is 26.2 Å². The van der Waals surface area contributed by atoms with Gasteiger partial charge in [-0.1, -0.05) is 12.1 Å². The molecule has 43 heavy (non-hydrogen) atoms. The Bertz CT molecular complexity index is 1950. The van der Waals surface area contributed by atoms with Gasteiger partial charge < -0.3 is 0 Å². The van der Waals surface area contributed by atoms with Crippen LogP contribution < -0.4 is 9.47 Å². The second-order valence-corrected chi connectivity index (χ2v) is 13.3. The quantitative estimate of drug-likeness (QED) is 0.0481. The average molecular weight is 637 g/mol. The van der Waals surface area contributed by atoms with Crippen LogP contribution in [0.4, 0.5) is 5.69 Å². The second-order valence-electron chi connectivity index (χ2n) is 11.1. The fraction of sp³-hybridized carbons (Fsp3) is 0.194. The number of ether oxygens (including phenoxy) is 1. The minimum absolute atomic E-state index is 0.0439. The molecule has 0 radical (unpaired) electrons. The van der Waals surface area contributed by atoms with Crippen LogP contribution in [0.1, 0.15) is 30.4 Å². The number of carboxylic acid groups (broad SMARTS) is 1. The normalized spacial score (nSPS) is 15.4. The zero-order valence-corrected chi connectivity index (χ0v) is 25.9. The number of carboxylic acids is 1. The molecule has 6 nitrogen and oxygen atoms in total. The Balaban J connectivity index is 1.39. The van der Waals surface area contributed by atoms with Crippen molar-refractivity contribution in [2.75, 3.05) is 18.1 Å². The first kappa shape index (κ1) is 28.7. The number of hydrogen-bond acceptors (Lipinski definition) is 4. The molecular weight excluding hydrogens is 603 g/mol. The van der Waals surface area contributed by atoms with Gasteiger partial charge in [0.05, 0.1) is 0 Å².